The van der Waals surface area contributed by atoms with Crippen molar-refractivity contribution in [2.45, 2.75) is 13.8 Å². The normalized spacial score (nSPS) is 14.2. The monoisotopic (exact) mass is 377 g/mol. The van der Waals surface area contributed by atoms with Crippen molar-refractivity contribution in [1.82, 2.24) is 15.0 Å². The summed E-state index contributed by atoms with van der Waals surface area (Å²) in [5.74, 6) is 1.35. The molecule has 0 radical (unpaired) electrons. The van der Waals surface area contributed by atoms with Gasteiger partial charge >= 0.3 is 6.03 Å². The number of hydrogen-bond donors (Lipinski definition) is 1. The summed E-state index contributed by atoms with van der Waals surface area (Å²) in [5.41, 5.74) is 3.89. The van der Waals surface area contributed by atoms with Crippen LogP contribution in [0.25, 0.3) is 11.1 Å². The summed E-state index contributed by atoms with van der Waals surface area (Å²) in [6.45, 7) is 6.45. The fourth-order valence-corrected chi connectivity index (χ4v) is 3.22. The molecule has 4 rings (SSSR count). The van der Waals surface area contributed by atoms with E-state index in [1.165, 1.54) is 0 Å². The van der Waals surface area contributed by atoms with E-state index in [0.717, 1.165) is 41.3 Å². The number of rotatable bonds is 3. The van der Waals surface area contributed by atoms with Crippen molar-refractivity contribution in [1.29, 1.82) is 0 Å². The molecule has 0 unspecified atom stereocenters. The molecule has 1 aliphatic heterocycles. The van der Waals surface area contributed by atoms with Crippen molar-refractivity contribution in [2.75, 3.05) is 36.4 Å². The second-order valence-corrected chi connectivity index (χ2v) is 6.90. The van der Waals surface area contributed by atoms with E-state index < -0.39 is 0 Å². The van der Waals surface area contributed by atoms with Crippen LogP contribution >= 0.6 is 0 Å². The number of carbonyl (C=O) groups is 1. The molecule has 1 saturated heterocycles. The summed E-state index contributed by atoms with van der Waals surface area (Å²) >= 11 is 0. The zero-order chi connectivity index (χ0) is 19.5. The summed E-state index contributed by atoms with van der Waals surface area (Å²) in [6, 6.07) is 14.2. The Hall–Kier alpha value is -3.35. The van der Waals surface area contributed by atoms with Gasteiger partial charge in [0.25, 0.3) is 0 Å². The number of nitrogens with zero attached hydrogens (tertiary/aromatic N) is 4. The number of aryl methyl sites for hydroxylation is 1. The zero-order valence-corrected chi connectivity index (χ0v) is 16.1. The largest absolute Gasteiger partial charge is 0.353 e. The van der Waals surface area contributed by atoms with Gasteiger partial charge in [-0.1, -0.05) is 35.5 Å². The van der Waals surface area contributed by atoms with E-state index in [0.29, 0.717) is 19.0 Å². The van der Waals surface area contributed by atoms with Crippen LogP contribution in [0.1, 0.15) is 11.3 Å². The molecule has 28 heavy (non-hydrogen) atoms. The van der Waals surface area contributed by atoms with Crippen molar-refractivity contribution in [3.63, 3.8) is 0 Å². The van der Waals surface area contributed by atoms with Gasteiger partial charge in [-0.2, -0.15) is 0 Å². The van der Waals surface area contributed by atoms with E-state index in [2.05, 4.69) is 38.6 Å². The number of nitrogens with one attached hydrogen (secondary N) is 1. The van der Waals surface area contributed by atoms with Crippen LogP contribution in [-0.4, -0.2) is 47.3 Å². The Kier molecular flexibility index (Phi) is 4.97. The SMILES string of the molecule is Cc1noc(NC(=O)N2CCN(c3ccc(-c4ccccc4)cn3)CC2)c1C. The fraction of sp³-hybridized carbons (Fsp3) is 0.286. The third kappa shape index (κ3) is 3.69. The number of piperazine rings is 1. The van der Waals surface area contributed by atoms with E-state index in [4.69, 9.17) is 4.52 Å². The quantitative estimate of drug-likeness (QED) is 0.753. The minimum absolute atomic E-state index is 0.161. The number of urea groups is 1. The molecule has 1 N–H and O–H groups in total. The maximum atomic E-state index is 12.5. The third-order valence-corrected chi connectivity index (χ3v) is 5.12. The zero-order valence-electron chi connectivity index (χ0n) is 16.1. The average Bonchev–Trinajstić information content (AvgIpc) is 3.07. The highest BCUT2D eigenvalue weighted by Crippen LogP contribution is 2.22. The molecule has 144 valence electrons. The predicted octanol–water partition coefficient (Wildman–Crippen LogP) is 3.71. The van der Waals surface area contributed by atoms with Crippen LogP contribution in [0.5, 0.6) is 0 Å². The molecule has 2 aromatic heterocycles. The molecule has 7 heteroatoms. The summed E-state index contributed by atoms with van der Waals surface area (Å²) in [6.07, 6.45) is 1.90. The number of hydrogen-bond acceptors (Lipinski definition) is 5. The molecular formula is C21H23N5O2. The summed E-state index contributed by atoms with van der Waals surface area (Å²) in [7, 11) is 0. The molecule has 0 spiro atoms. The third-order valence-electron chi connectivity index (χ3n) is 5.12. The second-order valence-electron chi connectivity index (χ2n) is 6.90. The van der Waals surface area contributed by atoms with E-state index >= 15 is 0 Å². The van der Waals surface area contributed by atoms with Crippen LogP contribution in [0.2, 0.25) is 0 Å². The molecule has 1 fully saturated rings. The highest BCUT2D eigenvalue weighted by atomic mass is 16.5. The lowest BCUT2D eigenvalue weighted by Crippen LogP contribution is -2.50. The summed E-state index contributed by atoms with van der Waals surface area (Å²) < 4.78 is 5.17. The lowest BCUT2D eigenvalue weighted by Gasteiger charge is -2.35. The molecule has 0 aliphatic carbocycles. The topological polar surface area (TPSA) is 74.5 Å². The number of aromatic nitrogens is 2. The number of anilines is 2. The summed E-state index contributed by atoms with van der Waals surface area (Å²) in [4.78, 5) is 21.1. The van der Waals surface area contributed by atoms with Crippen LogP contribution in [-0.2, 0) is 0 Å². The second kappa shape index (κ2) is 7.72. The molecule has 1 aliphatic rings. The lowest BCUT2D eigenvalue weighted by molar-refractivity contribution is 0.207. The smallest absolute Gasteiger partial charge is 0.324 e. The van der Waals surface area contributed by atoms with E-state index in [-0.39, 0.29) is 6.03 Å². The van der Waals surface area contributed by atoms with E-state index in [9.17, 15) is 4.79 Å². The molecule has 3 aromatic rings. The molecule has 0 atom stereocenters. The minimum Gasteiger partial charge on any atom is -0.353 e. The van der Waals surface area contributed by atoms with Crippen LogP contribution in [0.3, 0.4) is 0 Å². The molecule has 0 saturated carbocycles. The molecule has 0 bridgehead atoms. The molecule has 1 aromatic carbocycles. The first-order chi connectivity index (χ1) is 13.6. The van der Waals surface area contributed by atoms with Gasteiger partial charge in [-0.15, -0.1) is 0 Å². The molecule has 3 heterocycles. The Balaban J connectivity index is 1.35. The Bertz CT molecular complexity index is 945. The van der Waals surface area contributed by atoms with Gasteiger partial charge in [0, 0.05) is 43.5 Å². The van der Waals surface area contributed by atoms with Crippen molar-refractivity contribution >= 4 is 17.7 Å². The Morgan fingerprint density at radius 1 is 1.00 bits per heavy atom. The minimum atomic E-state index is -0.161. The first kappa shape index (κ1) is 18.0. The standard InChI is InChI=1S/C21H23N5O2/c1-15-16(2)24-28-20(15)23-21(27)26-12-10-25(11-13-26)19-9-8-18(14-22-19)17-6-4-3-5-7-17/h3-9,14H,10-13H2,1-2H3,(H,23,27). The van der Waals surface area contributed by atoms with Crippen LogP contribution in [0.15, 0.2) is 53.2 Å². The van der Waals surface area contributed by atoms with Crippen molar-refractivity contribution in [3.8, 4) is 11.1 Å². The highest BCUT2D eigenvalue weighted by molar-refractivity contribution is 5.88. The average molecular weight is 377 g/mol. The van der Waals surface area contributed by atoms with Crippen LogP contribution in [0.4, 0.5) is 16.5 Å². The fourth-order valence-electron chi connectivity index (χ4n) is 3.22. The van der Waals surface area contributed by atoms with E-state index in [1.54, 1.807) is 4.90 Å². The summed E-state index contributed by atoms with van der Waals surface area (Å²) in [5, 5.41) is 6.67. The van der Waals surface area contributed by atoms with Gasteiger partial charge in [0.15, 0.2) is 0 Å². The molecule has 2 amide bonds. The first-order valence-electron chi connectivity index (χ1n) is 9.37. The Labute approximate surface area is 164 Å². The van der Waals surface area contributed by atoms with Crippen LogP contribution in [0, 0.1) is 13.8 Å². The van der Waals surface area contributed by atoms with Gasteiger partial charge in [-0.3, -0.25) is 5.32 Å². The maximum Gasteiger partial charge on any atom is 0.324 e. The molecular weight excluding hydrogens is 354 g/mol. The lowest BCUT2D eigenvalue weighted by atomic mass is 10.1. The van der Waals surface area contributed by atoms with Gasteiger partial charge < -0.3 is 14.3 Å². The number of amides is 2. The molecule has 7 nitrogen and oxygen atoms in total. The van der Waals surface area contributed by atoms with Gasteiger partial charge in [0.2, 0.25) is 5.88 Å². The van der Waals surface area contributed by atoms with Gasteiger partial charge in [-0.05, 0) is 31.5 Å². The number of pyridine rings is 1. The van der Waals surface area contributed by atoms with Gasteiger partial charge in [0.1, 0.15) is 5.82 Å². The number of carbonyl (C=O) groups excluding carboxylic acids is 1. The van der Waals surface area contributed by atoms with Crippen LogP contribution < -0.4 is 10.2 Å². The Morgan fingerprint density at radius 2 is 1.75 bits per heavy atom. The highest BCUT2D eigenvalue weighted by Gasteiger charge is 2.23. The maximum absolute atomic E-state index is 12.5. The van der Waals surface area contributed by atoms with Crippen molar-refractivity contribution < 1.29 is 9.32 Å². The Morgan fingerprint density at radius 3 is 2.36 bits per heavy atom. The van der Waals surface area contributed by atoms with Crippen molar-refractivity contribution in [3.05, 3.63) is 59.9 Å². The van der Waals surface area contributed by atoms with Gasteiger partial charge in [-0.25, -0.2) is 9.78 Å². The van der Waals surface area contributed by atoms with Crippen molar-refractivity contribution in [2.24, 2.45) is 0 Å². The first-order valence-corrected chi connectivity index (χ1v) is 9.37. The predicted molar refractivity (Wildman–Crippen MR) is 108 cm³/mol. The van der Waals surface area contributed by atoms with Gasteiger partial charge in [0.05, 0.1) is 5.69 Å². The number of benzene rings is 1. The van der Waals surface area contributed by atoms with E-state index in [1.807, 2.05) is 44.3 Å².